The fourth-order valence-corrected chi connectivity index (χ4v) is 3.17. The molecule has 120 valence electrons. The van der Waals surface area contributed by atoms with Gasteiger partial charge in [-0.15, -0.1) is 0 Å². The average Bonchev–Trinajstić information content (AvgIpc) is 2.57. The fraction of sp³-hybridized carbons (Fsp3) is 0.300. The van der Waals surface area contributed by atoms with E-state index in [9.17, 15) is 0 Å². The lowest BCUT2D eigenvalue weighted by molar-refractivity contribution is 0.279. The van der Waals surface area contributed by atoms with Gasteiger partial charge in [0.05, 0.1) is 0 Å². The maximum atomic E-state index is 5.96. The standard InChI is InChI=1S/C20H23ClN2/c1-17(15-18-5-3-2-4-6-18)16-22-11-13-23(14-12-22)20-9-7-19(21)8-10-20/h2-10,15H,11-14,16H2,1H3. The number of hydrogen-bond donors (Lipinski definition) is 0. The normalized spacial score (nSPS) is 16.6. The molecule has 3 rings (SSSR count). The van der Waals surface area contributed by atoms with Crippen LogP contribution in [0.15, 0.2) is 60.2 Å². The zero-order valence-electron chi connectivity index (χ0n) is 13.6. The van der Waals surface area contributed by atoms with Crippen molar-refractivity contribution in [3.05, 3.63) is 70.8 Å². The Morgan fingerprint density at radius 1 is 0.957 bits per heavy atom. The van der Waals surface area contributed by atoms with Gasteiger partial charge < -0.3 is 4.90 Å². The third kappa shape index (κ3) is 4.60. The van der Waals surface area contributed by atoms with Gasteiger partial charge in [-0.25, -0.2) is 0 Å². The van der Waals surface area contributed by atoms with E-state index in [-0.39, 0.29) is 0 Å². The smallest absolute Gasteiger partial charge is 0.0407 e. The zero-order chi connectivity index (χ0) is 16.1. The molecule has 0 unspecified atom stereocenters. The minimum Gasteiger partial charge on any atom is -0.369 e. The summed E-state index contributed by atoms with van der Waals surface area (Å²) in [5.74, 6) is 0. The molecule has 1 aliphatic heterocycles. The SMILES string of the molecule is CC(=Cc1ccccc1)CN1CCN(c2ccc(Cl)cc2)CC1. The van der Waals surface area contributed by atoms with E-state index >= 15 is 0 Å². The van der Waals surface area contributed by atoms with Crippen LogP contribution in [0.5, 0.6) is 0 Å². The Morgan fingerprint density at radius 3 is 2.26 bits per heavy atom. The quantitative estimate of drug-likeness (QED) is 0.812. The third-order valence-corrected chi connectivity index (χ3v) is 4.50. The predicted octanol–water partition coefficient (Wildman–Crippen LogP) is 4.57. The molecule has 1 saturated heterocycles. The minimum absolute atomic E-state index is 0.800. The molecule has 2 aromatic rings. The Labute approximate surface area is 144 Å². The summed E-state index contributed by atoms with van der Waals surface area (Å²) in [6, 6.07) is 18.7. The second kappa shape index (κ2) is 7.67. The van der Waals surface area contributed by atoms with Crippen LogP contribution in [0.3, 0.4) is 0 Å². The van der Waals surface area contributed by atoms with E-state index < -0.39 is 0 Å². The molecule has 1 fully saturated rings. The van der Waals surface area contributed by atoms with Gasteiger partial charge in [-0.3, -0.25) is 4.90 Å². The molecule has 0 aromatic heterocycles. The van der Waals surface area contributed by atoms with E-state index in [1.54, 1.807) is 0 Å². The number of halogens is 1. The number of anilines is 1. The molecule has 0 saturated carbocycles. The van der Waals surface area contributed by atoms with Crippen LogP contribution in [0.25, 0.3) is 6.08 Å². The van der Waals surface area contributed by atoms with Crippen LogP contribution >= 0.6 is 11.6 Å². The van der Waals surface area contributed by atoms with E-state index in [0.29, 0.717) is 0 Å². The van der Waals surface area contributed by atoms with E-state index in [1.165, 1.54) is 16.8 Å². The predicted molar refractivity (Wildman–Crippen MR) is 100 cm³/mol. The molecule has 0 atom stereocenters. The van der Waals surface area contributed by atoms with Crippen molar-refractivity contribution in [2.45, 2.75) is 6.92 Å². The first-order chi connectivity index (χ1) is 11.2. The Balaban J connectivity index is 1.53. The van der Waals surface area contributed by atoms with Crippen LogP contribution in [-0.2, 0) is 0 Å². The lowest BCUT2D eigenvalue weighted by atomic mass is 10.1. The van der Waals surface area contributed by atoms with E-state index in [4.69, 9.17) is 11.6 Å². The largest absolute Gasteiger partial charge is 0.369 e. The zero-order valence-corrected chi connectivity index (χ0v) is 14.3. The fourth-order valence-electron chi connectivity index (χ4n) is 3.05. The molecule has 1 heterocycles. The van der Waals surface area contributed by atoms with Crippen molar-refractivity contribution in [3.63, 3.8) is 0 Å². The maximum absolute atomic E-state index is 5.96. The van der Waals surface area contributed by atoms with Gasteiger partial charge in [0.25, 0.3) is 0 Å². The number of rotatable bonds is 4. The van der Waals surface area contributed by atoms with Crippen LogP contribution in [-0.4, -0.2) is 37.6 Å². The Kier molecular flexibility index (Phi) is 5.37. The lowest BCUT2D eigenvalue weighted by Gasteiger charge is -2.36. The molecule has 0 N–H and O–H groups in total. The highest BCUT2D eigenvalue weighted by molar-refractivity contribution is 6.30. The summed E-state index contributed by atoms with van der Waals surface area (Å²) < 4.78 is 0. The Hall–Kier alpha value is -1.77. The summed E-state index contributed by atoms with van der Waals surface area (Å²) in [5, 5.41) is 0.800. The second-order valence-electron chi connectivity index (χ2n) is 6.14. The third-order valence-electron chi connectivity index (χ3n) is 4.25. The highest BCUT2D eigenvalue weighted by Crippen LogP contribution is 2.19. The van der Waals surface area contributed by atoms with E-state index in [1.807, 2.05) is 12.1 Å². The van der Waals surface area contributed by atoms with E-state index in [0.717, 1.165) is 37.7 Å². The van der Waals surface area contributed by atoms with Gasteiger partial charge >= 0.3 is 0 Å². The van der Waals surface area contributed by atoms with Crippen LogP contribution in [0, 0.1) is 0 Å². The lowest BCUT2D eigenvalue weighted by Crippen LogP contribution is -2.46. The average molecular weight is 327 g/mol. The van der Waals surface area contributed by atoms with Gasteiger partial charge in [0.2, 0.25) is 0 Å². The molecule has 1 aliphatic rings. The summed E-state index contributed by atoms with van der Waals surface area (Å²) in [5.41, 5.74) is 3.96. The van der Waals surface area contributed by atoms with Crippen molar-refractivity contribution in [2.24, 2.45) is 0 Å². The van der Waals surface area contributed by atoms with Crippen molar-refractivity contribution in [1.29, 1.82) is 0 Å². The summed E-state index contributed by atoms with van der Waals surface area (Å²) in [6.45, 7) is 7.60. The van der Waals surface area contributed by atoms with Crippen molar-refractivity contribution < 1.29 is 0 Å². The molecule has 3 heteroatoms. The van der Waals surface area contributed by atoms with Gasteiger partial charge in [-0.05, 0) is 36.8 Å². The van der Waals surface area contributed by atoms with Gasteiger partial charge in [-0.2, -0.15) is 0 Å². The molecular weight excluding hydrogens is 304 g/mol. The molecule has 0 aliphatic carbocycles. The van der Waals surface area contributed by atoms with E-state index in [2.05, 4.69) is 65.3 Å². The molecule has 2 nitrogen and oxygen atoms in total. The first-order valence-corrected chi connectivity index (χ1v) is 8.53. The number of hydrogen-bond acceptors (Lipinski definition) is 2. The van der Waals surface area contributed by atoms with Crippen molar-refractivity contribution in [1.82, 2.24) is 4.90 Å². The van der Waals surface area contributed by atoms with Crippen LogP contribution in [0.1, 0.15) is 12.5 Å². The first kappa shape index (κ1) is 16.1. The Morgan fingerprint density at radius 2 is 1.61 bits per heavy atom. The van der Waals surface area contributed by atoms with Crippen LogP contribution < -0.4 is 4.90 Å². The molecule has 0 amide bonds. The van der Waals surface area contributed by atoms with Crippen molar-refractivity contribution in [2.75, 3.05) is 37.6 Å². The topological polar surface area (TPSA) is 6.48 Å². The number of benzene rings is 2. The Bertz CT molecular complexity index is 641. The van der Waals surface area contributed by atoms with Crippen LogP contribution in [0.4, 0.5) is 5.69 Å². The monoisotopic (exact) mass is 326 g/mol. The van der Waals surface area contributed by atoms with Crippen molar-refractivity contribution >= 4 is 23.4 Å². The summed E-state index contributed by atoms with van der Waals surface area (Å²) in [7, 11) is 0. The molecule has 0 bridgehead atoms. The number of nitrogens with zero attached hydrogens (tertiary/aromatic N) is 2. The van der Waals surface area contributed by atoms with Crippen molar-refractivity contribution in [3.8, 4) is 0 Å². The highest BCUT2D eigenvalue weighted by Gasteiger charge is 2.17. The van der Waals surface area contributed by atoms with Gasteiger partial charge in [0.15, 0.2) is 0 Å². The summed E-state index contributed by atoms with van der Waals surface area (Å²) >= 11 is 5.96. The molecule has 0 spiro atoms. The molecule has 2 aromatic carbocycles. The summed E-state index contributed by atoms with van der Waals surface area (Å²) in [6.07, 6.45) is 2.28. The maximum Gasteiger partial charge on any atom is 0.0407 e. The van der Waals surface area contributed by atoms with Gasteiger partial charge in [0, 0.05) is 43.4 Å². The highest BCUT2D eigenvalue weighted by atomic mass is 35.5. The summed E-state index contributed by atoms with van der Waals surface area (Å²) in [4.78, 5) is 4.96. The molecule has 0 radical (unpaired) electrons. The van der Waals surface area contributed by atoms with Crippen LogP contribution in [0.2, 0.25) is 5.02 Å². The molecule has 23 heavy (non-hydrogen) atoms. The minimum atomic E-state index is 0.800. The molecular formula is C20H23ClN2. The first-order valence-electron chi connectivity index (χ1n) is 8.16. The number of piperazine rings is 1. The van der Waals surface area contributed by atoms with Gasteiger partial charge in [0.1, 0.15) is 0 Å². The second-order valence-corrected chi connectivity index (χ2v) is 6.58. The van der Waals surface area contributed by atoms with Gasteiger partial charge in [-0.1, -0.05) is 53.6 Å².